The van der Waals surface area contributed by atoms with Gasteiger partial charge in [0.2, 0.25) is 0 Å². The number of piperidine rings is 1. The zero-order valence-corrected chi connectivity index (χ0v) is 15.8. The molecule has 2 aliphatic rings. The molecule has 1 saturated heterocycles. The van der Waals surface area contributed by atoms with Gasteiger partial charge in [-0.2, -0.15) is 26.3 Å². The van der Waals surface area contributed by atoms with Crippen LogP contribution in [-0.4, -0.2) is 52.1 Å². The van der Waals surface area contributed by atoms with Crippen LogP contribution in [0.1, 0.15) is 18.5 Å². The summed E-state index contributed by atoms with van der Waals surface area (Å²) in [6, 6.07) is 0.777. The molecule has 5 N–H and O–H groups in total. The number of nitrogens with two attached hydrogens (primary N) is 1. The van der Waals surface area contributed by atoms with Gasteiger partial charge in [0.05, 0.1) is 0 Å². The third-order valence-electron chi connectivity index (χ3n) is 5.26. The van der Waals surface area contributed by atoms with Crippen LogP contribution < -0.4 is 16.0 Å². The summed E-state index contributed by atoms with van der Waals surface area (Å²) in [7, 11) is 0. The maximum Gasteiger partial charge on any atom is 0.433 e. The second-order valence-corrected chi connectivity index (χ2v) is 7.21. The Balaban J connectivity index is 1.77. The largest absolute Gasteiger partial charge is 0.433 e. The molecule has 0 radical (unpaired) electrons. The van der Waals surface area contributed by atoms with Crippen LogP contribution in [-0.2, 0) is 11.0 Å². The van der Waals surface area contributed by atoms with E-state index in [1.54, 1.807) is 0 Å². The maximum absolute atomic E-state index is 13.5. The van der Waals surface area contributed by atoms with E-state index in [9.17, 15) is 36.2 Å². The number of nitrogens with zero attached hydrogens (tertiary/aromatic N) is 3. The number of aliphatic hydroxyl groups is 1. The molecule has 1 amide bonds. The number of carbonyl (C=O) groups excluding carboxylic acids is 1. The number of aliphatic hydroxyl groups excluding tert-OH is 1. The average molecular weight is 452 g/mol. The molecule has 31 heavy (non-hydrogen) atoms. The molecule has 2 aliphatic heterocycles. The minimum atomic E-state index is -5.01. The molecular weight excluding hydrogens is 434 g/mol. The van der Waals surface area contributed by atoms with Crippen molar-refractivity contribution in [2.75, 3.05) is 18.0 Å². The quantitative estimate of drug-likeness (QED) is 0.407. The fraction of sp³-hybridized carbons (Fsp3) is 0.529. The molecule has 1 aromatic heterocycles. The molecule has 1 fully saturated rings. The summed E-state index contributed by atoms with van der Waals surface area (Å²) in [5.41, 5.74) is 3.27. The van der Waals surface area contributed by atoms with Crippen LogP contribution in [0.3, 0.4) is 0 Å². The van der Waals surface area contributed by atoms with Crippen molar-refractivity contribution in [1.29, 1.82) is 5.41 Å². The first kappa shape index (κ1) is 22.8. The molecule has 0 aromatic carbocycles. The van der Waals surface area contributed by atoms with E-state index in [-0.39, 0.29) is 31.7 Å². The summed E-state index contributed by atoms with van der Waals surface area (Å²) < 4.78 is 79.0. The van der Waals surface area contributed by atoms with Gasteiger partial charge >= 0.3 is 12.4 Å². The molecule has 3 heterocycles. The average Bonchev–Trinajstić information content (AvgIpc) is 2.68. The van der Waals surface area contributed by atoms with Crippen molar-refractivity contribution in [3.05, 3.63) is 29.5 Å². The van der Waals surface area contributed by atoms with Crippen LogP contribution in [0.25, 0.3) is 0 Å². The highest BCUT2D eigenvalue weighted by Gasteiger charge is 2.53. The van der Waals surface area contributed by atoms with E-state index >= 15 is 0 Å². The lowest BCUT2D eigenvalue weighted by atomic mass is 9.79. The summed E-state index contributed by atoms with van der Waals surface area (Å²) in [6.45, 7) is 0.250. The molecule has 14 heteroatoms. The van der Waals surface area contributed by atoms with Crippen LogP contribution in [0, 0.1) is 17.2 Å². The summed E-state index contributed by atoms with van der Waals surface area (Å²) in [6.07, 6.45) is -11.1. The van der Waals surface area contributed by atoms with Crippen molar-refractivity contribution in [3.8, 4) is 0 Å². The number of amides is 1. The van der Waals surface area contributed by atoms with E-state index in [2.05, 4.69) is 9.97 Å². The van der Waals surface area contributed by atoms with E-state index in [0.717, 1.165) is 12.4 Å². The molecule has 0 saturated carbocycles. The molecule has 0 unspecified atom stereocenters. The number of carbonyl (C=O) groups is 1. The first-order valence-corrected chi connectivity index (χ1v) is 9.09. The van der Waals surface area contributed by atoms with Gasteiger partial charge < -0.3 is 26.5 Å². The topological polar surface area (TPSA) is 128 Å². The lowest BCUT2D eigenvalue weighted by Crippen LogP contribution is -2.54. The molecular formula is C17H18F6N6O2. The van der Waals surface area contributed by atoms with E-state index in [0.29, 0.717) is 0 Å². The number of anilines is 1. The van der Waals surface area contributed by atoms with Gasteiger partial charge in [0, 0.05) is 36.4 Å². The number of hydrogen-bond donors (Lipinski definition) is 4. The standard InChI is InChI=1S/C17H18F6N6O2/c18-16(19,20)8-5-9(27-6-26-8)29-3-1-7(2-4-29)12(24)10-11(17(21,22)23)13(30)15(31)28-14(10)25/h5-7,11,13,24,30H,1-4,25H2,(H,28,31)/t11-,13-/m1/s1. The highest BCUT2D eigenvalue weighted by Crippen LogP contribution is 2.40. The van der Waals surface area contributed by atoms with E-state index < -0.39 is 59.0 Å². The number of halogens is 6. The Morgan fingerprint density at radius 1 is 1.19 bits per heavy atom. The molecule has 0 bridgehead atoms. The molecule has 1 aromatic rings. The third kappa shape index (κ3) is 4.57. The first-order valence-electron chi connectivity index (χ1n) is 9.09. The van der Waals surface area contributed by atoms with Crippen LogP contribution in [0.15, 0.2) is 23.8 Å². The smallest absolute Gasteiger partial charge is 0.385 e. The van der Waals surface area contributed by atoms with Crippen molar-refractivity contribution >= 4 is 17.4 Å². The molecule has 3 rings (SSSR count). The number of alkyl halides is 6. The predicted molar refractivity (Wildman–Crippen MR) is 94.6 cm³/mol. The molecule has 170 valence electrons. The fourth-order valence-electron chi connectivity index (χ4n) is 3.70. The number of aromatic nitrogens is 2. The Morgan fingerprint density at radius 2 is 1.81 bits per heavy atom. The summed E-state index contributed by atoms with van der Waals surface area (Å²) in [4.78, 5) is 20.1. The van der Waals surface area contributed by atoms with Crippen molar-refractivity contribution in [2.45, 2.75) is 31.3 Å². The van der Waals surface area contributed by atoms with Gasteiger partial charge in [0.25, 0.3) is 5.91 Å². The second-order valence-electron chi connectivity index (χ2n) is 7.21. The van der Waals surface area contributed by atoms with Gasteiger partial charge in [-0.1, -0.05) is 0 Å². The number of hydrogen-bond acceptors (Lipinski definition) is 7. The van der Waals surface area contributed by atoms with Gasteiger partial charge in [-0.05, 0) is 12.8 Å². The van der Waals surface area contributed by atoms with Crippen LogP contribution >= 0.6 is 0 Å². The second kappa shape index (κ2) is 7.98. The van der Waals surface area contributed by atoms with Crippen molar-refractivity contribution in [2.24, 2.45) is 17.6 Å². The molecule has 0 aliphatic carbocycles. The first-order chi connectivity index (χ1) is 14.3. The fourth-order valence-corrected chi connectivity index (χ4v) is 3.70. The Kier molecular flexibility index (Phi) is 5.86. The minimum absolute atomic E-state index is 0.0135. The van der Waals surface area contributed by atoms with Crippen LogP contribution in [0.5, 0.6) is 0 Å². The van der Waals surface area contributed by atoms with Crippen molar-refractivity contribution in [1.82, 2.24) is 15.3 Å². The molecule has 2 atom stereocenters. The Hall–Kier alpha value is -2.90. The lowest BCUT2D eigenvalue weighted by Gasteiger charge is -2.37. The summed E-state index contributed by atoms with van der Waals surface area (Å²) >= 11 is 0. The SMILES string of the molecule is N=C(C1=C(N)NC(=O)[C@H](O)[C@@H]1C(F)(F)F)C1CCN(c2cc(C(F)(F)F)ncn2)CC1. The predicted octanol–water partition coefficient (Wildman–Crippen LogP) is 1.57. The highest BCUT2D eigenvalue weighted by molar-refractivity contribution is 6.03. The maximum atomic E-state index is 13.5. The zero-order chi connectivity index (χ0) is 23.1. The Labute approximate surface area is 171 Å². The van der Waals surface area contributed by atoms with Crippen LogP contribution in [0.4, 0.5) is 32.2 Å². The Bertz CT molecular complexity index is 907. The molecule has 0 spiro atoms. The van der Waals surface area contributed by atoms with E-state index in [4.69, 9.17) is 11.1 Å². The van der Waals surface area contributed by atoms with Crippen LogP contribution in [0.2, 0.25) is 0 Å². The Morgan fingerprint density at radius 3 is 2.35 bits per heavy atom. The van der Waals surface area contributed by atoms with Gasteiger partial charge in [-0.15, -0.1) is 0 Å². The monoisotopic (exact) mass is 452 g/mol. The summed E-state index contributed by atoms with van der Waals surface area (Å²) in [5, 5.41) is 20.0. The van der Waals surface area contributed by atoms with Gasteiger partial charge in [-0.3, -0.25) is 4.79 Å². The zero-order valence-electron chi connectivity index (χ0n) is 15.8. The minimum Gasteiger partial charge on any atom is -0.385 e. The van der Waals surface area contributed by atoms with E-state index in [1.165, 1.54) is 4.90 Å². The molecule has 8 nitrogen and oxygen atoms in total. The highest BCUT2D eigenvalue weighted by atomic mass is 19.4. The van der Waals surface area contributed by atoms with E-state index in [1.807, 2.05) is 5.32 Å². The van der Waals surface area contributed by atoms with Crippen molar-refractivity contribution < 1.29 is 36.2 Å². The normalized spacial score (nSPS) is 23.7. The van der Waals surface area contributed by atoms with Crippen molar-refractivity contribution in [3.63, 3.8) is 0 Å². The van der Waals surface area contributed by atoms with Gasteiger partial charge in [0.15, 0.2) is 0 Å². The van der Waals surface area contributed by atoms with Gasteiger partial charge in [-0.25, -0.2) is 9.97 Å². The van der Waals surface area contributed by atoms with Gasteiger partial charge in [0.1, 0.15) is 35.7 Å². The third-order valence-corrected chi connectivity index (χ3v) is 5.26. The summed E-state index contributed by atoms with van der Waals surface area (Å²) in [5.74, 6) is -5.28. The lowest BCUT2D eigenvalue weighted by molar-refractivity contribution is -0.192. The number of rotatable bonds is 3. The number of nitrogens with one attached hydrogen (secondary N) is 2.